The highest BCUT2D eigenvalue weighted by atomic mass is 15.5. The number of hydrogen-bond donors (Lipinski definition) is 1. The molecule has 0 unspecified atom stereocenters. The molecule has 0 amide bonds. The number of aromatic nitrogens is 4. The van der Waals surface area contributed by atoms with Crippen molar-refractivity contribution in [1.29, 1.82) is 0 Å². The van der Waals surface area contributed by atoms with E-state index in [1.807, 2.05) is 29.8 Å². The maximum Gasteiger partial charge on any atom is 0.159 e. The third-order valence-electron chi connectivity index (χ3n) is 3.72. The second-order valence-electron chi connectivity index (χ2n) is 4.97. The first kappa shape index (κ1) is 11.2. The van der Waals surface area contributed by atoms with E-state index in [4.69, 9.17) is 5.73 Å². The van der Waals surface area contributed by atoms with Gasteiger partial charge < -0.3 is 5.73 Å². The molecule has 2 N–H and O–H groups in total. The lowest BCUT2D eigenvalue weighted by molar-refractivity contribution is 0.636. The minimum Gasteiger partial charge on any atom is -0.398 e. The van der Waals surface area contributed by atoms with E-state index in [9.17, 15) is 0 Å². The molecule has 1 heterocycles. The average molecular weight is 243 g/mol. The molecule has 3 rings (SSSR count). The zero-order valence-corrected chi connectivity index (χ0v) is 10.5. The average Bonchev–Trinajstić information content (AvgIpc) is 3.00. The fourth-order valence-electron chi connectivity index (χ4n) is 2.58. The molecule has 5 nitrogen and oxygen atoms in total. The summed E-state index contributed by atoms with van der Waals surface area (Å²) in [7, 11) is 0. The van der Waals surface area contributed by atoms with Crippen LogP contribution in [0.15, 0.2) is 18.2 Å². The van der Waals surface area contributed by atoms with Crippen LogP contribution in [0.5, 0.6) is 0 Å². The Hall–Kier alpha value is -1.91. The fourth-order valence-corrected chi connectivity index (χ4v) is 2.58. The summed E-state index contributed by atoms with van der Waals surface area (Å²) in [4.78, 5) is 0. The summed E-state index contributed by atoms with van der Waals surface area (Å²) in [5.74, 6) is 1.46. The molecule has 0 saturated heterocycles. The van der Waals surface area contributed by atoms with E-state index in [1.165, 1.54) is 25.7 Å². The summed E-state index contributed by atoms with van der Waals surface area (Å²) in [6, 6.07) is 5.95. The van der Waals surface area contributed by atoms with Gasteiger partial charge in [-0.2, -0.15) is 4.68 Å². The summed E-state index contributed by atoms with van der Waals surface area (Å²) in [5.41, 5.74) is 8.75. The molecule has 1 aromatic heterocycles. The molecule has 1 aromatic carbocycles. The SMILES string of the molecule is Cc1ccc(-n2nnnc2C2CCCC2)cc1N. The molecule has 0 radical (unpaired) electrons. The number of tetrazole rings is 1. The molecule has 0 atom stereocenters. The van der Waals surface area contributed by atoms with Gasteiger partial charge in [0.15, 0.2) is 5.82 Å². The van der Waals surface area contributed by atoms with Crippen molar-refractivity contribution in [1.82, 2.24) is 20.2 Å². The van der Waals surface area contributed by atoms with Crippen molar-refractivity contribution < 1.29 is 0 Å². The maximum atomic E-state index is 5.95. The van der Waals surface area contributed by atoms with Crippen LogP contribution in [-0.4, -0.2) is 20.2 Å². The van der Waals surface area contributed by atoms with Gasteiger partial charge in [0, 0.05) is 11.6 Å². The molecule has 5 heteroatoms. The Kier molecular flexibility index (Phi) is 2.74. The van der Waals surface area contributed by atoms with Crippen LogP contribution in [-0.2, 0) is 0 Å². The first-order chi connectivity index (χ1) is 8.75. The topological polar surface area (TPSA) is 69.6 Å². The zero-order chi connectivity index (χ0) is 12.5. The number of rotatable bonds is 2. The van der Waals surface area contributed by atoms with Gasteiger partial charge in [-0.3, -0.25) is 0 Å². The van der Waals surface area contributed by atoms with Crippen LogP contribution in [0.25, 0.3) is 5.69 Å². The molecule has 1 saturated carbocycles. The molecule has 1 aliphatic rings. The van der Waals surface area contributed by atoms with E-state index in [2.05, 4.69) is 15.5 Å². The first-order valence-electron chi connectivity index (χ1n) is 6.40. The van der Waals surface area contributed by atoms with Crippen molar-refractivity contribution in [3.8, 4) is 5.69 Å². The molecular formula is C13H17N5. The van der Waals surface area contributed by atoms with Crippen molar-refractivity contribution in [3.63, 3.8) is 0 Å². The quantitative estimate of drug-likeness (QED) is 0.821. The maximum absolute atomic E-state index is 5.95. The molecule has 2 aromatic rings. The molecule has 18 heavy (non-hydrogen) atoms. The molecular weight excluding hydrogens is 226 g/mol. The third kappa shape index (κ3) is 1.85. The number of hydrogen-bond acceptors (Lipinski definition) is 4. The summed E-state index contributed by atoms with van der Waals surface area (Å²) < 4.78 is 1.83. The third-order valence-corrected chi connectivity index (χ3v) is 3.72. The first-order valence-corrected chi connectivity index (χ1v) is 6.40. The number of anilines is 1. The monoisotopic (exact) mass is 243 g/mol. The smallest absolute Gasteiger partial charge is 0.159 e. The minimum atomic E-state index is 0.488. The second-order valence-corrected chi connectivity index (χ2v) is 4.97. The Morgan fingerprint density at radius 3 is 2.78 bits per heavy atom. The highest BCUT2D eigenvalue weighted by Crippen LogP contribution is 2.33. The lowest BCUT2D eigenvalue weighted by atomic mass is 10.1. The van der Waals surface area contributed by atoms with Gasteiger partial charge in [0.2, 0.25) is 0 Å². The lowest BCUT2D eigenvalue weighted by Gasteiger charge is -2.10. The van der Waals surface area contributed by atoms with Crippen molar-refractivity contribution in [2.45, 2.75) is 38.5 Å². The molecule has 1 aliphatic carbocycles. The Morgan fingerprint density at radius 1 is 1.28 bits per heavy atom. The fraction of sp³-hybridized carbons (Fsp3) is 0.462. The molecule has 94 valence electrons. The Labute approximate surface area is 106 Å². The van der Waals surface area contributed by atoms with Crippen molar-refractivity contribution in [3.05, 3.63) is 29.6 Å². The van der Waals surface area contributed by atoms with Crippen LogP contribution in [0, 0.1) is 6.92 Å². The van der Waals surface area contributed by atoms with Crippen molar-refractivity contribution in [2.75, 3.05) is 5.73 Å². The van der Waals surface area contributed by atoms with Crippen LogP contribution >= 0.6 is 0 Å². The second kappa shape index (κ2) is 4.40. The van der Waals surface area contributed by atoms with Crippen LogP contribution in [0.3, 0.4) is 0 Å². The van der Waals surface area contributed by atoms with Crippen LogP contribution in [0.2, 0.25) is 0 Å². The van der Waals surface area contributed by atoms with E-state index < -0.39 is 0 Å². The standard InChI is InChI=1S/C13H17N5/c1-9-6-7-11(8-12(9)14)18-13(15-16-17-18)10-4-2-3-5-10/h6-8,10H,2-5,14H2,1H3. The van der Waals surface area contributed by atoms with Crippen LogP contribution < -0.4 is 5.73 Å². The van der Waals surface area contributed by atoms with E-state index in [0.29, 0.717) is 5.92 Å². The Morgan fingerprint density at radius 2 is 2.06 bits per heavy atom. The number of nitrogen functional groups attached to an aromatic ring is 1. The highest BCUT2D eigenvalue weighted by Gasteiger charge is 2.23. The van der Waals surface area contributed by atoms with Gasteiger partial charge in [0.1, 0.15) is 0 Å². The largest absolute Gasteiger partial charge is 0.398 e. The van der Waals surface area contributed by atoms with Gasteiger partial charge in [-0.1, -0.05) is 18.9 Å². The molecule has 0 aliphatic heterocycles. The predicted octanol–water partition coefficient (Wildman–Crippen LogP) is 2.21. The van der Waals surface area contributed by atoms with Gasteiger partial charge in [-0.25, -0.2) is 0 Å². The minimum absolute atomic E-state index is 0.488. The van der Waals surface area contributed by atoms with Gasteiger partial charge in [0.05, 0.1) is 5.69 Å². The van der Waals surface area contributed by atoms with Gasteiger partial charge in [-0.15, -0.1) is 5.10 Å². The Balaban J connectivity index is 2.00. The van der Waals surface area contributed by atoms with Gasteiger partial charge in [-0.05, 0) is 47.9 Å². The van der Waals surface area contributed by atoms with E-state index >= 15 is 0 Å². The van der Waals surface area contributed by atoms with Gasteiger partial charge in [0.25, 0.3) is 0 Å². The number of benzene rings is 1. The number of nitrogens with two attached hydrogens (primary N) is 1. The van der Waals surface area contributed by atoms with Crippen molar-refractivity contribution in [2.24, 2.45) is 0 Å². The molecule has 1 fully saturated rings. The summed E-state index contributed by atoms with van der Waals surface area (Å²) in [5, 5.41) is 12.1. The highest BCUT2D eigenvalue weighted by molar-refractivity contribution is 5.53. The van der Waals surface area contributed by atoms with Crippen molar-refractivity contribution >= 4 is 5.69 Å². The molecule has 0 bridgehead atoms. The Bertz CT molecular complexity index is 554. The van der Waals surface area contributed by atoms with E-state index in [-0.39, 0.29) is 0 Å². The van der Waals surface area contributed by atoms with Crippen LogP contribution in [0.1, 0.15) is 43.0 Å². The van der Waals surface area contributed by atoms with E-state index in [0.717, 1.165) is 22.8 Å². The number of aryl methyl sites for hydroxylation is 1. The van der Waals surface area contributed by atoms with Crippen LogP contribution in [0.4, 0.5) is 5.69 Å². The van der Waals surface area contributed by atoms with Gasteiger partial charge >= 0.3 is 0 Å². The lowest BCUT2D eigenvalue weighted by Crippen LogP contribution is -2.07. The predicted molar refractivity (Wildman–Crippen MR) is 69.5 cm³/mol. The molecule has 0 spiro atoms. The summed E-state index contributed by atoms with van der Waals surface area (Å²) in [6.45, 7) is 2.00. The summed E-state index contributed by atoms with van der Waals surface area (Å²) in [6.07, 6.45) is 4.91. The normalized spacial score (nSPS) is 16.3. The van der Waals surface area contributed by atoms with E-state index in [1.54, 1.807) is 0 Å². The summed E-state index contributed by atoms with van der Waals surface area (Å²) >= 11 is 0. The zero-order valence-electron chi connectivity index (χ0n) is 10.5. The number of nitrogens with zero attached hydrogens (tertiary/aromatic N) is 4.